The SMILES string of the molecule is COCCCNc1cnnc(Nc2ccccc2)n1. The van der Waals surface area contributed by atoms with Crippen LogP contribution in [0, 0.1) is 0 Å². The molecule has 0 unspecified atom stereocenters. The van der Waals surface area contributed by atoms with Gasteiger partial charge in [-0.3, -0.25) is 0 Å². The van der Waals surface area contributed by atoms with Crippen LogP contribution in [0.5, 0.6) is 0 Å². The van der Waals surface area contributed by atoms with E-state index >= 15 is 0 Å². The summed E-state index contributed by atoms with van der Waals surface area (Å²) >= 11 is 0. The van der Waals surface area contributed by atoms with Gasteiger partial charge in [-0.05, 0) is 18.6 Å². The fourth-order valence-corrected chi connectivity index (χ4v) is 1.53. The van der Waals surface area contributed by atoms with Crippen molar-refractivity contribution >= 4 is 17.5 Å². The van der Waals surface area contributed by atoms with Gasteiger partial charge in [0, 0.05) is 25.9 Å². The molecule has 0 aliphatic rings. The number of para-hydroxylation sites is 1. The van der Waals surface area contributed by atoms with E-state index in [1.165, 1.54) is 0 Å². The molecule has 0 aliphatic heterocycles. The smallest absolute Gasteiger partial charge is 0.249 e. The third-order valence-corrected chi connectivity index (χ3v) is 2.42. The molecular formula is C13H17N5O. The molecule has 1 aromatic carbocycles. The van der Waals surface area contributed by atoms with Crippen LogP contribution in [0.1, 0.15) is 6.42 Å². The van der Waals surface area contributed by atoms with E-state index in [0.29, 0.717) is 11.8 Å². The maximum absolute atomic E-state index is 4.98. The second-order valence-electron chi connectivity index (χ2n) is 3.93. The fraction of sp³-hybridized carbons (Fsp3) is 0.308. The molecule has 0 bridgehead atoms. The Bertz CT molecular complexity index is 491. The maximum atomic E-state index is 4.98. The molecule has 0 aliphatic carbocycles. The number of nitrogens with zero attached hydrogens (tertiary/aromatic N) is 3. The van der Waals surface area contributed by atoms with Crippen LogP contribution in [0.3, 0.4) is 0 Å². The molecular weight excluding hydrogens is 242 g/mol. The first kappa shape index (κ1) is 13.2. The third kappa shape index (κ3) is 4.51. The van der Waals surface area contributed by atoms with E-state index in [-0.39, 0.29) is 0 Å². The number of anilines is 3. The van der Waals surface area contributed by atoms with Crippen LogP contribution in [0.2, 0.25) is 0 Å². The van der Waals surface area contributed by atoms with E-state index in [1.54, 1.807) is 13.3 Å². The van der Waals surface area contributed by atoms with Crippen molar-refractivity contribution in [1.29, 1.82) is 0 Å². The van der Waals surface area contributed by atoms with E-state index in [2.05, 4.69) is 25.8 Å². The lowest BCUT2D eigenvalue weighted by Crippen LogP contribution is -2.08. The van der Waals surface area contributed by atoms with Gasteiger partial charge in [-0.15, -0.1) is 5.10 Å². The molecule has 2 rings (SSSR count). The van der Waals surface area contributed by atoms with E-state index in [4.69, 9.17) is 4.74 Å². The van der Waals surface area contributed by atoms with Gasteiger partial charge in [0.1, 0.15) is 0 Å². The van der Waals surface area contributed by atoms with Crippen LogP contribution >= 0.6 is 0 Å². The van der Waals surface area contributed by atoms with Crippen LogP contribution in [-0.2, 0) is 4.74 Å². The van der Waals surface area contributed by atoms with Crippen molar-refractivity contribution in [2.45, 2.75) is 6.42 Å². The highest BCUT2D eigenvalue weighted by atomic mass is 16.5. The summed E-state index contributed by atoms with van der Waals surface area (Å²) < 4.78 is 4.98. The van der Waals surface area contributed by atoms with Gasteiger partial charge >= 0.3 is 0 Å². The van der Waals surface area contributed by atoms with Gasteiger partial charge in [-0.2, -0.15) is 10.1 Å². The molecule has 6 heteroatoms. The molecule has 19 heavy (non-hydrogen) atoms. The Labute approximate surface area is 112 Å². The summed E-state index contributed by atoms with van der Waals surface area (Å²) in [6, 6.07) is 9.74. The van der Waals surface area contributed by atoms with Crippen molar-refractivity contribution in [1.82, 2.24) is 15.2 Å². The summed E-state index contributed by atoms with van der Waals surface area (Å²) in [4.78, 5) is 4.33. The molecule has 0 spiro atoms. The van der Waals surface area contributed by atoms with Gasteiger partial charge in [0.05, 0.1) is 6.20 Å². The Morgan fingerprint density at radius 1 is 1.21 bits per heavy atom. The van der Waals surface area contributed by atoms with Gasteiger partial charge in [0.2, 0.25) is 5.95 Å². The summed E-state index contributed by atoms with van der Waals surface area (Å²) in [5, 5.41) is 14.1. The molecule has 0 saturated heterocycles. The predicted molar refractivity (Wildman–Crippen MR) is 74.5 cm³/mol. The quantitative estimate of drug-likeness (QED) is 0.742. The monoisotopic (exact) mass is 259 g/mol. The molecule has 2 aromatic rings. The highest BCUT2D eigenvalue weighted by molar-refractivity contribution is 5.53. The minimum Gasteiger partial charge on any atom is -0.385 e. The molecule has 6 nitrogen and oxygen atoms in total. The Kier molecular flexibility index (Phi) is 5.06. The number of nitrogens with one attached hydrogen (secondary N) is 2. The van der Waals surface area contributed by atoms with E-state index in [1.807, 2.05) is 30.3 Å². The second-order valence-corrected chi connectivity index (χ2v) is 3.93. The highest BCUT2D eigenvalue weighted by Crippen LogP contribution is 2.12. The summed E-state index contributed by atoms with van der Waals surface area (Å²) in [5.74, 6) is 1.17. The first-order chi connectivity index (χ1) is 9.38. The number of methoxy groups -OCH3 is 1. The van der Waals surface area contributed by atoms with Gasteiger partial charge < -0.3 is 15.4 Å². The first-order valence-electron chi connectivity index (χ1n) is 6.13. The number of rotatable bonds is 7. The van der Waals surface area contributed by atoms with Gasteiger partial charge in [-0.25, -0.2) is 0 Å². The lowest BCUT2D eigenvalue weighted by atomic mass is 10.3. The summed E-state index contributed by atoms with van der Waals surface area (Å²) in [5.41, 5.74) is 0.931. The average Bonchev–Trinajstić information content (AvgIpc) is 2.45. The van der Waals surface area contributed by atoms with Crippen molar-refractivity contribution in [3.63, 3.8) is 0 Å². The summed E-state index contributed by atoms with van der Waals surface area (Å²) in [7, 11) is 1.69. The Hall–Kier alpha value is -2.21. The normalized spacial score (nSPS) is 10.2. The first-order valence-corrected chi connectivity index (χ1v) is 6.13. The largest absolute Gasteiger partial charge is 0.385 e. The van der Waals surface area contributed by atoms with Gasteiger partial charge in [0.25, 0.3) is 0 Å². The Morgan fingerprint density at radius 3 is 2.84 bits per heavy atom. The topological polar surface area (TPSA) is 72.0 Å². The molecule has 0 atom stereocenters. The molecule has 2 N–H and O–H groups in total. The van der Waals surface area contributed by atoms with E-state index in [0.717, 1.165) is 25.3 Å². The zero-order valence-corrected chi connectivity index (χ0v) is 10.8. The highest BCUT2D eigenvalue weighted by Gasteiger charge is 2.00. The van der Waals surface area contributed by atoms with E-state index < -0.39 is 0 Å². The number of hydrogen-bond acceptors (Lipinski definition) is 6. The zero-order chi connectivity index (χ0) is 13.3. The van der Waals surface area contributed by atoms with Crippen molar-refractivity contribution in [2.24, 2.45) is 0 Å². The molecule has 1 aromatic heterocycles. The Morgan fingerprint density at radius 2 is 2.05 bits per heavy atom. The third-order valence-electron chi connectivity index (χ3n) is 2.42. The number of hydrogen-bond donors (Lipinski definition) is 2. The lowest BCUT2D eigenvalue weighted by molar-refractivity contribution is 0.197. The minimum atomic E-state index is 0.475. The number of benzene rings is 1. The molecule has 0 fully saturated rings. The predicted octanol–water partition coefficient (Wildman–Crippen LogP) is 2.06. The Balaban J connectivity index is 1.91. The molecule has 100 valence electrons. The second kappa shape index (κ2) is 7.27. The maximum Gasteiger partial charge on any atom is 0.249 e. The number of ether oxygens (including phenoxy) is 1. The van der Waals surface area contributed by atoms with Crippen LogP contribution in [0.4, 0.5) is 17.5 Å². The average molecular weight is 259 g/mol. The fourth-order valence-electron chi connectivity index (χ4n) is 1.53. The van der Waals surface area contributed by atoms with E-state index in [9.17, 15) is 0 Å². The van der Waals surface area contributed by atoms with Gasteiger partial charge in [-0.1, -0.05) is 18.2 Å². The summed E-state index contributed by atoms with van der Waals surface area (Å²) in [6.07, 6.45) is 2.52. The molecule has 0 amide bonds. The van der Waals surface area contributed by atoms with Crippen molar-refractivity contribution in [3.8, 4) is 0 Å². The number of aromatic nitrogens is 3. The van der Waals surface area contributed by atoms with Crippen molar-refractivity contribution in [2.75, 3.05) is 30.9 Å². The zero-order valence-electron chi connectivity index (χ0n) is 10.8. The van der Waals surface area contributed by atoms with Crippen LogP contribution in [0.25, 0.3) is 0 Å². The standard InChI is InChI=1S/C13H17N5O/c1-19-9-5-8-14-12-10-15-18-13(17-12)16-11-6-3-2-4-7-11/h2-4,6-7,10H,5,8-9H2,1H3,(H2,14,16,17,18). The van der Waals surface area contributed by atoms with Crippen LogP contribution < -0.4 is 10.6 Å². The van der Waals surface area contributed by atoms with Crippen LogP contribution in [-0.4, -0.2) is 35.4 Å². The molecule has 0 saturated carbocycles. The molecule has 0 radical (unpaired) electrons. The van der Waals surface area contributed by atoms with Gasteiger partial charge in [0.15, 0.2) is 5.82 Å². The van der Waals surface area contributed by atoms with Crippen molar-refractivity contribution < 1.29 is 4.74 Å². The minimum absolute atomic E-state index is 0.475. The molecule has 1 heterocycles. The van der Waals surface area contributed by atoms with Crippen molar-refractivity contribution in [3.05, 3.63) is 36.5 Å². The van der Waals surface area contributed by atoms with Crippen LogP contribution in [0.15, 0.2) is 36.5 Å². The summed E-state index contributed by atoms with van der Waals surface area (Å²) in [6.45, 7) is 1.51. The lowest BCUT2D eigenvalue weighted by Gasteiger charge is -2.07.